The van der Waals surface area contributed by atoms with E-state index in [2.05, 4.69) is 5.18 Å². The predicted molar refractivity (Wildman–Crippen MR) is 64.4 cm³/mol. The van der Waals surface area contributed by atoms with Gasteiger partial charge in [-0.2, -0.15) is 4.91 Å². The highest BCUT2D eigenvalue weighted by molar-refractivity contribution is 5.61. The second-order valence-electron chi connectivity index (χ2n) is 3.97. The van der Waals surface area contributed by atoms with E-state index >= 15 is 0 Å². The molecule has 1 aliphatic rings. The van der Waals surface area contributed by atoms with Gasteiger partial charge in [0.25, 0.3) is 0 Å². The van der Waals surface area contributed by atoms with Crippen molar-refractivity contribution < 1.29 is 4.74 Å². The van der Waals surface area contributed by atoms with Crippen molar-refractivity contribution in [2.75, 3.05) is 7.11 Å². The zero-order chi connectivity index (χ0) is 11.4. The van der Waals surface area contributed by atoms with Crippen LogP contribution in [0.2, 0.25) is 0 Å². The van der Waals surface area contributed by atoms with Crippen LogP contribution in [0.4, 0.5) is 0 Å². The topological polar surface area (TPSA) is 38.7 Å². The lowest BCUT2D eigenvalue weighted by Crippen LogP contribution is -1.98. The first kappa shape index (κ1) is 10.9. The summed E-state index contributed by atoms with van der Waals surface area (Å²) < 4.78 is 5.27. The Hall–Kier alpha value is -1.64. The third-order valence-corrected chi connectivity index (χ3v) is 2.98. The maximum absolute atomic E-state index is 10.6. The Labute approximate surface area is 95.1 Å². The van der Waals surface area contributed by atoms with Crippen LogP contribution < -0.4 is 4.74 Å². The smallest absolute Gasteiger partial charge is 0.126 e. The predicted octanol–water partition coefficient (Wildman–Crippen LogP) is 3.40. The summed E-state index contributed by atoms with van der Waals surface area (Å²) >= 11 is 0. The first-order valence-corrected chi connectivity index (χ1v) is 5.51. The molecule has 1 saturated carbocycles. The molecule has 0 aliphatic heterocycles. The number of ether oxygens (including phenoxy) is 1. The highest BCUT2D eigenvalue weighted by Crippen LogP contribution is 2.31. The molecule has 0 heterocycles. The van der Waals surface area contributed by atoms with Gasteiger partial charge in [0.1, 0.15) is 11.8 Å². The summed E-state index contributed by atoms with van der Waals surface area (Å²) in [4.78, 5) is 10.6. The van der Waals surface area contributed by atoms with Crippen LogP contribution in [-0.2, 0) is 0 Å². The Morgan fingerprint density at radius 2 is 2.25 bits per heavy atom. The molecule has 1 aromatic rings. The second kappa shape index (κ2) is 4.92. The molecular weight excluding hydrogens is 202 g/mol. The number of benzene rings is 1. The fourth-order valence-electron chi connectivity index (χ4n) is 2.13. The lowest BCUT2D eigenvalue weighted by molar-refractivity contribution is 0.414. The van der Waals surface area contributed by atoms with Crippen LogP contribution in [0, 0.1) is 4.91 Å². The molecule has 1 unspecified atom stereocenters. The largest absolute Gasteiger partial charge is 0.496 e. The van der Waals surface area contributed by atoms with Crippen LogP contribution in [0.1, 0.15) is 24.8 Å². The van der Waals surface area contributed by atoms with E-state index in [0.29, 0.717) is 0 Å². The molecule has 3 nitrogen and oxygen atoms in total. The summed E-state index contributed by atoms with van der Waals surface area (Å²) in [7, 11) is 1.65. The van der Waals surface area contributed by atoms with Gasteiger partial charge in [0, 0.05) is 5.56 Å². The van der Waals surface area contributed by atoms with Gasteiger partial charge < -0.3 is 4.74 Å². The molecular formula is C13H15NO2. The summed E-state index contributed by atoms with van der Waals surface area (Å²) in [6.45, 7) is 0. The fraction of sp³-hybridized carbons (Fsp3) is 0.385. The molecule has 3 heteroatoms. The van der Waals surface area contributed by atoms with Gasteiger partial charge in [-0.15, -0.1) is 0 Å². The van der Waals surface area contributed by atoms with Crippen LogP contribution in [-0.4, -0.2) is 13.2 Å². The summed E-state index contributed by atoms with van der Waals surface area (Å²) in [5.41, 5.74) is 2.15. The van der Waals surface area contributed by atoms with Gasteiger partial charge in [-0.3, -0.25) is 0 Å². The van der Waals surface area contributed by atoms with E-state index in [4.69, 9.17) is 4.74 Å². The third-order valence-electron chi connectivity index (χ3n) is 2.98. The number of hydrogen-bond donors (Lipinski definition) is 0. The summed E-state index contributed by atoms with van der Waals surface area (Å²) in [6, 6.07) is 7.68. The Balaban J connectivity index is 2.31. The van der Waals surface area contributed by atoms with E-state index in [1.165, 1.54) is 0 Å². The van der Waals surface area contributed by atoms with Gasteiger partial charge in [-0.25, -0.2) is 0 Å². The van der Waals surface area contributed by atoms with E-state index in [1.54, 1.807) is 7.11 Å². The van der Waals surface area contributed by atoms with Gasteiger partial charge >= 0.3 is 0 Å². The van der Waals surface area contributed by atoms with Crippen molar-refractivity contribution in [3.63, 3.8) is 0 Å². The maximum atomic E-state index is 10.6. The van der Waals surface area contributed by atoms with Gasteiger partial charge in [0.15, 0.2) is 0 Å². The van der Waals surface area contributed by atoms with Crippen LogP contribution in [0.5, 0.6) is 5.75 Å². The van der Waals surface area contributed by atoms with E-state index in [1.807, 2.05) is 30.3 Å². The van der Waals surface area contributed by atoms with Crippen molar-refractivity contribution in [3.05, 3.63) is 40.3 Å². The fourth-order valence-corrected chi connectivity index (χ4v) is 2.13. The first-order valence-electron chi connectivity index (χ1n) is 5.51. The highest BCUT2D eigenvalue weighted by Gasteiger charge is 2.21. The van der Waals surface area contributed by atoms with Gasteiger partial charge in [0.05, 0.1) is 7.11 Å². The Morgan fingerprint density at radius 1 is 1.44 bits per heavy atom. The quantitative estimate of drug-likeness (QED) is 0.728. The van der Waals surface area contributed by atoms with E-state index in [0.717, 1.165) is 36.1 Å². The van der Waals surface area contributed by atoms with Gasteiger partial charge in [0.2, 0.25) is 0 Å². The monoisotopic (exact) mass is 217 g/mol. The second-order valence-corrected chi connectivity index (χ2v) is 3.97. The van der Waals surface area contributed by atoms with Crippen molar-refractivity contribution in [1.29, 1.82) is 0 Å². The van der Waals surface area contributed by atoms with Crippen LogP contribution in [0.15, 0.2) is 35.0 Å². The summed E-state index contributed by atoms with van der Waals surface area (Å²) in [5, 5.41) is 3.16. The molecule has 0 radical (unpaired) electrons. The summed E-state index contributed by atoms with van der Waals surface area (Å²) in [5.74, 6) is 0.839. The first-order chi connectivity index (χ1) is 7.85. The summed E-state index contributed by atoms with van der Waals surface area (Å²) in [6.07, 6.45) is 4.94. The molecule has 1 aromatic carbocycles. The SMILES string of the molecule is COc1ccccc1C=C1CCCC1N=O. The zero-order valence-corrected chi connectivity index (χ0v) is 9.35. The van der Waals surface area contributed by atoms with E-state index < -0.39 is 0 Å². The average Bonchev–Trinajstić information content (AvgIpc) is 2.77. The van der Waals surface area contributed by atoms with Crippen LogP contribution >= 0.6 is 0 Å². The highest BCUT2D eigenvalue weighted by atomic mass is 16.5. The van der Waals surface area contributed by atoms with E-state index in [-0.39, 0.29) is 6.04 Å². The molecule has 1 atom stereocenters. The molecule has 0 aromatic heterocycles. The standard InChI is InChI=1S/C13H15NO2/c1-16-13-8-3-2-5-11(13)9-10-6-4-7-12(10)14-15/h2-3,5,8-9,12H,4,6-7H2,1H3. The van der Waals surface area contributed by atoms with E-state index in [9.17, 15) is 4.91 Å². The lowest BCUT2D eigenvalue weighted by Gasteiger charge is -2.06. The molecule has 0 amide bonds. The minimum Gasteiger partial charge on any atom is -0.496 e. The van der Waals surface area contributed by atoms with Crippen molar-refractivity contribution >= 4 is 6.08 Å². The Bertz CT molecular complexity index is 412. The minimum absolute atomic E-state index is 0.134. The van der Waals surface area contributed by atoms with Crippen molar-refractivity contribution in [1.82, 2.24) is 0 Å². The minimum atomic E-state index is -0.134. The molecule has 0 spiro atoms. The maximum Gasteiger partial charge on any atom is 0.126 e. The average molecular weight is 217 g/mol. The van der Waals surface area contributed by atoms with Crippen LogP contribution in [0.3, 0.4) is 0 Å². The zero-order valence-electron chi connectivity index (χ0n) is 9.35. The number of hydrogen-bond acceptors (Lipinski definition) is 3. The number of nitrogens with zero attached hydrogens (tertiary/aromatic N) is 1. The number of para-hydroxylation sites is 1. The van der Waals surface area contributed by atoms with Crippen molar-refractivity contribution in [3.8, 4) is 5.75 Å². The molecule has 1 fully saturated rings. The third kappa shape index (κ3) is 2.13. The number of methoxy groups -OCH3 is 1. The van der Waals surface area contributed by atoms with Crippen molar-refractivity contribution in [2.24, 2.45) is 5.18 Å². The lowest BCUT2D eigenvalue weighted by atomic mass is 10.1. The van der Waals surface area contributed by atoms with Gasteiger partial charge in [-0.1, -0.05) is 23.4 Å². The Morgan fingerprint density at radius 3 is 3.00 bits per heavy atom. The molecule has 2 rings (SSSR count). The molecule has 1 aliphatic carbocycles. The van der Waals surface area contributed by atoms with Crippen molar-refractivity contribution in [2.45, 2.75) is 25.3 Å². The molecule has 0 saturated heterocycles. The molecule has 84 valence electrons. The Kier molecular flexibility index (Phi) is 3.34. The van der Waals surface area contributed by atoms with Crippen LogP contribution in [0.25, 0.3) is 6.08 Å². The molecule has 0 bridgehead atoms. The number of nitroso groups, excluding NO2 is 1. The molecule has 0 N–H and O–H groups in total. The normalized spacial score (nSPS) is 22.3. The molecule has 16 heavy (non-hydrogen) atoms. The number of rotatable bonds is 3. The van der Waals surface area contributed by atoms with Gasteiger partial charge in [-0.05, 0) is 37.0 Å².